The van der Waals surface area contributed by atoms with Crippen molar-refractivity contribution < 1.29 is 5.11 Å². The lowest BCUT2D eigenvalue weighted by molar-refractivity contribution is 0.475. The van der Waals surface area contributed by atoms with E-state index in [0.717, 1.165) is 11.3 Å². The summed E-state index contributed by atoms with van der Waals surface area (Å²) in [6, 6.07) is 10.2. The lowest BCUT2D eigenvalue weighted by Crippen LogP contribution is -1.90. The first-order chi connectivity index (χ1) is 7.16. The highest BCUT2D eigenvalue weighted by molar-refractivity contribution is 6.31. The van der Waals surface area contributed by atoms with E-state index in [2.05, 4.69) is 4.98 Å². The van der Waals surface area contributed by atoms with E-state index in [1.54, 1.807) is 36.4 Å². The van der Waals surface area contributed by atoms with Crippen LogP contribution < -0.4 is 5.73 Å². The van der Waals surface area contributed by atoms with Gasteiger partial charge in [0, 0.05) is 5.56 Å². The number of hydrogen-bond donors (Lipinski definition) is 2. The van der Waals surface area contributed by atoms with E-state index in [-0.39, 0.29) is 5.75 Å². The molecule has 0 atom stereocenters. The number of aromatic hydroxyl groups is 1. The molecule has 3 N–H and O–H groups in total. The molecule has 1 aromatic heterocycles. The number of aromatic nitrogens is 1. The monoisotopic (exact) mass is 220 g/mol. The number of halogens is 1. The molecule has 76 valence electrons. The number of hydrogen-bond acceptors (Lipinski definition) is 3. The van der Waals surface area contributed by atoms with Crippen LogP contribution in [0.5, 0.6) is 5.75 Å². The summed E-state index contributed by atoms with van der Waals surface area (Å²) in [5.74, 6) is 0.222. The number of phenols is 1. The van der Waals surface area contributed by atoms with Crippen LogP contribution in [0.4, 0.5) is 5.69 Å². The minimum Gasteiger partial charge on any atom is -0.508 e. The summed E-state index contributed by atoms with van der Waals surface area (Å²) in [6.45, 7) is 0. The van der Waals surface area contributed by atoms with Gasteiger partial charge in [-0.15, -0.1) is 0 Å². The Morgan fingerprint density at radius 1 is 1.07 bits per heavy atom. The lowest BCUT2D eigenvalue weighted by Gasteiger charge is -2.03. The molecular weight excluding hydrogens is 212 g/mol. The topological polar surface area (TPSA) is 59.1 Å². The number of rotatable bonds is 1. The quantitative estimate of drug-likeness (QED) is 0.727. The Labute approximate surface area is 92.1 Å². The molecule has 0 spiro atoms. The van der Waals surface area contributed by atoms with Crippen molar-refractivity contribution in [1.29, 1.82) is 0 Å². The van der Waals surface area contributed by atoms with Crippen LogP contribution in [0.25, 0.3) is 11.3 Å². The van der Waals surface area contributed by atoms with Gasteiger partial charge >= 0.3 is 0 Å². The molecule has 2 aromatic rings. The zero-order valence-electron chi connectivity index (χ0n) is 7.81. The van der Waals surface area contributed by atoms with E-state index in [1.807, 2.05) is 0 Å². The molecule has 3 nitrogen and oxygen atoms in total. The van der Waals surface area contributed by atoms with Crippen LogP contribution in [0.1, 0.15) is 0 Å². The second-order valence-corrected chi connectivity index (χ2v) is 3.48. The van der Waals surface area contributed by atoms with Gasteiger partial charge in [-0.25, -0.2) is 4.98 Å². The first kappa shape index (κ1) is 9.80. The third-order valence-electron chi connectivity index (χ3n) is 2.04. The average Bonchev–Trinajstić information content (AvgIpc) is 2.23. The molecule has 1 aromatic carbocycles. The highest BCUT2D eigenvalue weighted by atomic mass is 35.5. The van der Waals surface area contributed by atoms with Crippen molar-refractivity contribution in [3.63, 3.8) is 0 Å². The molecule has 15 heavy (non-hydrogen) atoms. The fraction of sp³-hybridized carbons (Fsp3) is 0. The first-order valence-corrected chi connectivity index (χ1v) is 4.76. The van der Waals surface area contributed by atoms with Crippen molar-refractivity contribution in [3.8, 4) is 17.0 Å². The zero-order chi connectivity index (χ0) is 10.8. The SMILES string of the molecule is Nc1ccc(-c2ccc(O)cc2)nc1Cl. The van der Waals surface area contributed by atoms with E-state index in [1.165, 1.54) is 0 Å². The van der Waals surface area contributed by atoms with Gasteiger partial charge in [-0.3, -0.25) is 0 Å². The van der Waals surface area contributed by atoms with Gasteiger partial charge in [0.1, 0.15) is 5.75 Å². The van der Waals surface area contributed by atoms with Crippen molar-refractivity contribution in [2.75, 3.05) is 5.73 Å². The number of nitrogens with zero attached hydrogens (tertiary/aromatic N) is 1. The fourth-order valence-corrected chi connectivity index (χ4v) is 1.39. The Kier molecular flexibility index (Phi) is 2.47. The molecule has 0 saturated carbocycles. The second-order valence-electron chi connectivity index (χ2n) is 3.12. The Morgan fingerprint density at radius 3 is 2.33 bits per heavy atom. The van der Waals surface area contributed by atoms with Crippen LogP contribution in [0.15, 0.2) is 36.4 Å². The van der Waals surface area contributed by atoms with Gasteiger partial charge in [0.05, 0.1) is 11.4 Å². The van der Waals surface area contributed by atoms with Crippen molar-refractivity contribution in [2.24, 2.45) is 0 Å². The molecule has 2 rings (SSSR count). The summed E-state index contributed by atoms with van der Waals surface area (Å²) in [4.78, 5) is 4.13. The van der Waals surface area contributed by atoms with Gasteiger partial charge in [-0.1, -0.05) is 11.6 Å². The maximum atomic E-state index is 9.14. The molecule has 0 fully saturated rings. The van der Waals surface area contributed by atoms with Gasteiger partial charge in [0.2, 0.25) is 0 Å². The highest BCUT2D eigenvalue weighted by Gasteiger charge is 2.02. The van der Waals surface area contributed by atoms with E-state index >= 15 is 0 Å². The number of nitrogen functional groups attached to an aromatic ring is 1. The van der Waals surface area contributed by atoms with Gasteiger partial charge in [-0.2, -0.15) is 0 Å². The molecule has 1 heterocycles. The number of nitrogens with two attached hydrogens (primary N) is 1. The molecule has 0 unspecified atom stereocenters. The summed E-state index contributed by atoms with van der Waals surface area (Å²) in [6.07, 6.45) is 0. The summed E-state index contributed by atoms with van der Waals surface area (Å²) in [5.41, 5.74) is 7.63. The highest BCUT2D eigenvalue weighted by Crippen LogP contribution is 2.24. The second kappa shape index (κ2) is 3.79. The van der Waals surface area contributed by atoms with Crippen LogP contribution >= 0.6 is 11.6 Å². The molecular formula is C11H9ClN2O. The summed E-state index contributed by atoms with van der Waals surface area (Å²) < 4.78 is 0. The van der Waals surface area contributed by atoms with Crippen molar-refractivity contribution in [3.05, 3.63) is 41.6 Å². The van der Waals surface area contributed by atoms with Gasteiger partial charge in [0.25, 0.3) is 0 Å². The van der Waals surface area contributed by atoms with Crippen LogP contribution in [0, 0.1) is 0 Å². The normalized spacial score (nSPS) is 10.2. The van der Waals surface area contributed by atoms with Crippen molar-refractivity contribution in [1.82, 2.24) is 4.98 Å². The summed E-state index contributed by atoms with van der Waals surface area (Å²) >= 11 is 5.81. The van der Waals surface area contributed by atoms with Crippen molar-refractivity contribution in [2.45, 2.75) is 0 Å². The van der Waals surface area contributed by atoms with Crippen LogP contribution in [-0.4, -0.2) is 10.1 Å². The third-order valence-corrected chi connectivity index (χ3v) is 2.34. The maximum Gasteiger partial charge on any atom is 0.152 e. The first-order valence-electron chi connectivity index (χ1n) is 4.38. The number of phenolic OH excluding ortho intramolecular Hbond substituents is 1. The smallest absolute Gasteiger partial charge is 0.152 e. The predicted octanol–water partition coefficient (Wildman–Crippen LogP) is 2.69. The molecule has 4 heteroatoms. The van der Waals surface area contributed by atoms with E-state index in [4.69, 9.17) is 22.4 Å². The van der Waals surface area contributed by atoms with E-state index < -0.39 is 0 Å². The Balaban J connectivity index is 2.45. The Morgan fingerprint density at radius 2 is 1.73 bits per heavy atom. The van der Waals surface area contributed by atoms with Gasteiger partial charge in [0.15, 0.2) is 5.15 Å². The third kappa shape index (κ3) is 2.02. The zero-order valence-corrected chi connectivity index (χ0v) is 8.57. The predicted molar refractivity (Wildman–Crippen MR) is 60.8 cm³/mol. The van der Waals surface area contributed by atoms with Crippen molar-refractivity contribution >= 4 is 17.3 Å². The van der Waals surface area contributed by atoms with Crippen LogP contribution in [-0.2, 0) is 0 Å². The van der Waals surface area contributed by atoms with Crippen LogP contribution in [0.3, 0.4) is 0 Å². The summed E-state index contributed by atoms with van der Waals surface area (Å²) in [5, 5.41) is 9.43. The van der Waals surface area contributed by atoms with E-state index in [9.17, 15) is 0 Å². The molecule has 0 bridgehead atoms. The Hall–Kier alpha value is -1.74. The molecule has 0 aliphatic heterocycles. The molecule has 0 aliphatic carbocycles. The maximum absolute atomic E-state index is 9.14. The molecule has 0 radical (unpaired) electrons. The largest absolute Gasteiger partial charge is 0.508 e. The van der Waals surface area contributed by atoms with E-state index in [0.29, 0.717) is 10.8 Å². The molecule has 0 amide bonds. The molecule has 0 saturated heterocycles. The minimum atomic E-state index is 0.222. The Bertz CT molecular complexity index is 482. The van der Waals surface area contributed by atoms with Gasteiger partial charge < -0.3 is 10.8 Å². The fourth-order valence-electron chi connectivity index (χ4n) is 1.24. The average molecular weight is 221 g/mol. The molecule has 0 aliphatic rings. The number of benzene rings is 1. The van der Waals surface area contributed by atoms with Gasteiger partial charge in [-0.05, 0) is 36.4 Å². The lowest BCUT2D eigenvalue weighted by atomic mass is 10.1. The standard InChI is InChI=1S/C11H9ClN2O/c12-11-9(13)5-6-10(14-11)7-1-3-8(15)4-2-7/h1-6,15H,13H2. The number of anilines is 1. The van der Waals surface area contributed by atoms with Crippen LogP contribution in [0.2, 0.25) is 5.15 Å². The number of pyridine rings is 1. The minimum absolute atomic E-state index is 0.222. The summed E-state index contributed by atoms with van der Waals surface area (Å²) in [7, 11) is 0.